The van der Waals surface area contributed by atoms with Gasteiger partial charge in [-0.05, 0) is 37.1 Å². The number of guanidine groups is 1. The maximum Gasteiger partial charge on any atom is 0.387 e. The van der Waals surface area contributed by atoms with Crippen LogP contribution in [0.3, 0.4) is 0 Å². The summed E-state index contributed by atoms with van der Waals surface area (Å²) in [5.74, 6) is 0.659. The summed E-state index contributed by atoms with van der Waals surface area (Å²) in [7, 11) is 0. The number of halogens is 3. The zero-order chi connectivity index (χ0) is 19.5. The van der Waals surface area contributed by atoms with Crippen molar-refractivity contribution in [1.29, 1.82) is 0 Å². The molecule has 0 bridgehead atoms. The van der Waals surface area contributed by atoms with Crippen LogP contribution in [0.15, 0.2) is 47.7 Å². The van der Waals surface area contributed by atoms with Crippen molar-refractivity contribution in [3.8, 4) is 5.75 Å². The van der Waals surface area contributed by atoms with Gasteiger partial charge in [-0.3, -0.25) is 9.67 Å². The van der Waals surface area contributed by atoms with Crippen LogP contribution in [0.5, 0.6) is 5.75 Å². The number of aliphatic hydroxyl groups is 1. The van der Waals surface area contributed by atoms with Gasteiger partial charge in [0.25, 0.3) is 0 Å². The molecule has 0 radical (unpaired) electrons. The Balaban J connectivity index is 0.00000392. The molecule has 0 spiro atoms. The van der Waals surface area contributed by atoms with Gasteiger partial charge in [-0.15, -0.1) is 24.0 Å². The minimum Gasteiger partial charge on any atom is -0.435 e. The lowest BCUT2D eigenvalue weighted by molar-refractivity contribution is -0.0498. The van der Waals surface area contributed by atoms with Gasteiger partial charge in [0, 0.05) is 32.0 Å². The van der Waals surface area contributed by atoms with E-state index in [0.29, 0.717) is 24.6 Å². The highest BCUT2D eigenvalue weighted by Gasteiger charge is 2.09. The molecule has 1 aromatic carbocycles. The summed E-state index contributed by atoms with van der Waals surface area (Å²) >= 11 is 0. The average Bonchev–Trinajstić information content (AvgIpc) is 3.16. The van der Waals surface area contributed by atoms with E-state index in [1.807, 2.05) is 23.9 Å². The molecule has 7 nitrogen and oxygen atoms in total. The fraction of sp³-hybridized carbons (Fsp3) is 0.444. The van der Waals surface area contributed by atoms with Gasteiger partial charge >= 0.3 is 6.61 Å². The van der Waals surface area contributed by atoms with E-state index in [1.165, 1.54) is 12.1 Å². The van der Waals surface area contributed by atoms with Gasteiger partial charge in [0.05, 0.1) is 12.6 Å². The second kappa shape index (κ2) is 13.3. The topological polar surface area (TPSA) is 83.7 Å². The lowest BCUT2D eigenvalue weighted by Crippen LogP contribution is -2.38. The Kier molecular flexibility index (Phi) is 11.4. The first-order valence-corrected chi connectivity index (χ1v) is 8.81. The first kappa shape index (κ1) is 24.1. The van der Waals surface area contributed by atoms with Crippen LogP contribution >= 0.6 is 24.0 Å². The fourth-order valence-electron chi connectivity index (χ4n) is 2.38. The van der Waals surface area contributed by atoms with Crippen LogP contribution < -0.4 is 15.4 Å². The minimum absolute atomic E-state index is 0. The summed E-state index contributed by atoms with van der Waals surface area (Å²) in [5, 5.41) is 20.7. The van der Waals surface area contributed by atoms with E-state index >= 15 is 0 Å². The SMILES string of the molecule is CCNC(=NCC(O)c1ccc(OC(F)F)cc1)NCCCn1cccn1.I. The summed E-state index contributed by atoms with van der Waals surface area (Å²) in [4.78, 5) is 4.37. The molecule has 0 aliphatic rings. The molecule has 2 rings (SSSR count). The monoisotopic (exact) mass is 509 g/mol. The first-order valence-electron chi connectivity index (χ1n) is 8.81. The maximum absolute atomic E-state index is 12.2. The van der Waals surface area contributed by atoms with Crippen molar-refractivity contribution in [2.75, 3.05) is 19.6 Å². The van der Waals surface area contributed by atoms with E-state index in [0.717, 1.165) is 13.0 Å². The number of nitrogens with one attached hydrogen (secondary N) is 2. The predicted molar refractivity (Wildman–Crippen MR) is 114 cm³/mol. The quantitative estimate of drug-likeness (QED) is 0.199. The van der Waals surface area contributed by atoms with Crippen molar-refractivity contribution >= 4 is 29.9 Å². The number of hydrogen-bond donors (Lipinski definition) is 3. The molecule has 0 aliphatic heterocycles. The van der Waals surface area contributed by atoms with Gasteiger partial charge < -0.3 is 20.5 Å². The van der Waals surface area contributed by atoms with Gasteiger partial charge in [0.15, 0.2) is 5.96 Å². The van der Waals surface area contributed by atoms with Crippen molar-refractivity contribution in [3.05, 3.63) is 48.3 Å². The van der Waals surface area contributed by atoms with Gasteiger partial charge in [-0.1, -0.05) is 12.1 Å². The molecule has 156 valence electrons. The molecule has 1 aromatic heterocycles. The highest BCUT2D eigenvalue weighted by molar-refractivity contribution is 14.0. The Hall–Kier alpha value is -1.95. The molecule has 1 heterocycles. The van der Waals surface area contributed by atoms with Crippen LogP contribution in [-0.2, 0) is 6.54 Å². The molecule has 28 heavy (non-hydrogen) atoms. The third kappa shape index (κ3) is 8.83. The van der Waals surface area contributed by atoms with Crippen molar-refractivity contribution in [2.24, 2.45) is 4.99 Å². The molecule has 1 unspecified atom stereocenters. The van der Waals surface area contributed by atoms with Gasteiger partial charge in [0.1, 0.15) is 5.75 Å². The summed E-state index contributed by atoms with van der Waals surface area (Å²) in [5.41, 5.74) is 0.579. The number of aryl methyl sites for hydroxylation is 1. The van der Waals surface area contributed by atoms with Crippen molar-refractivity contribution in [3.63, 3.8) is 0 Å². The second-order valence-corrected chi connectivity index (χ2v) is 5.73. The van der Waals surface area contributed by atoms with Crippen LogP contribution in [0.4, 0.5) is 8.78 Å². The minimum atomic E-state index is -2.87. The normalized spacial score (nSPS) is 12.4. The maximum atomic E-state index is 12.2. The van der Waals surface area contributed by atoms with Gasteiger partial charge in [-0.2, -0.15) is 13.9 Å². The number of aromatic nitrogens is 2. The summed E-state index contributed by atoms with van der Waals surface area (Å²) in [6.45, 7) is 1.44. The molecule has 0 aliphatic carbocycles. The van der Waals surface area contributed by atoms with E-state index in [9.17, 15) is 13.9 Å². The molecular formula is C18H26F2IN5O2. The number of hydrogen-bond acceptors (Lipinski definition) is 4. The number of ether oxygens (including phenoxy) is 1. The average molecular weight is 509 g/mol. The molecule has 0 amide bonds. The summed E-state index contributed by atoms with van der Waals surface area (Å²) < 4.78 is 30.5. The Morgan fingerprint density at radius 3 is 2.64 bits per heavy atom. The largest absolute Gasteiger partial charge is 0.435 e. The number of rotatable bonds is 10. The molecule has 2 aromatic rings. The molecule has 0 saturated heterocycles. The van der Waals surface area contributed by atoms with E-state index in [-0.39, 0.29) is 36.3 Å². The van der Waals surface area contributed by atoms with Gasteiger partial charge in [0.2, 0.25) is 0 Å². The Morgan fingerprint density at radius 2 is 2.04 bits per heavy atom. The van der Waals surface area contributed by atoms with Crippen LogP contribution in [-0.4, -0.2) is 47.1 Å². The van der Waals surface area contributed by atoms with E-state index in [2.05, 4.69) is 25.5 Å². The zero-order valence-corrected chi connectivity index (χ0v) is 17.9. The van der Waals surface area contributed by atoms with Crippen molar-refractivity contribution in [2.45, 2.75) is 32.6 Å². The molecular weight excluding hydrogens is 483 g/mol. The summed E-state index contributed by atoms with van der Waals surface area (Å²) in [6, 6.07) is 7.76. The highest BCUT2D eigenvalue weighted by atomic mass is 127. The van der Waals surface area contributed by atoms with Crippen LogP contribution in [0.25, 0.3) is 0 Å². The number of benzene rings is 1. The van der Waals surface area contributed by atoms with Crippen molar-refractivity contribution in [1.82, 2.24) is 20.4 Å². The highest BCUT2D eigenvalue weighted by Crippen LogP contribution is 2.19. The molecule has 0 fully saturated rings. The molecule has 1 atom stereocenters. The standard InChI is InChI=1S/C18H25F2N5O2.HI/c1-2-21-18(22-9-3-11-25-12-4-10-24-25)23-13-16(26)14-5-7-15(8-6-14)27-17(19)20;/h4-8,10,12,16-17,26H,2-3,9,11,13H2,1H3,(H2,21,22,23);1H. The van der Waals surface area contributed by atoms with Crippen LogP contribution in [0.1, 0.15) is 25.0 Å². The Labute approximate surface area is 180 Å². The number of nitrogens with zero attached hydrogens (tertiary/aromatic N) is 3. The smallest absolute Gasteiger partial charge is 0.387 e. The van der Waals surface area contributed by atoms with Gasteiger partial charge in [-0.25, -0.2) is 0 Å². The van der Waals surface area contributed by atoms with Crippen molar-refractivity contribution < 1.29 is 18.6 Å². The van der Waals surface area contributed by atoms with E-state index in [4.69, 9.17) is 0 Å². The lowest BCUT2D eigenvalue weighted by atomic mass is 10.1. The third-order valence-corrected chi connectivity index (χ3v) is 3.67. The number of alkyl halides is 2. The number of aliphatic hydroxyl groups excluding tert-OH is 1. The second-order valence-electron chi connectivity index (χ2n) is 5.73. The summed E-state index contributed by atoms with van der Waals surface area (Å²) in [6.07, 6.45) is 3.69. The van der Waals surface area contributed by atoms with Crippen LogP contribution in [0, 0.1) is 0 Å². The van der Waals surface area contributed by atoms with E-state index in [1.54, 1.807) is 18.3 Å². The molecule has 3 N–H and O–H groups in total. The third-order valence-electron chi connectivity index (χ3n) is 3.67. The first-order chi connectivity index (χ1) is 13.1. The molecule has 0 saturated carbocycles. The Bertz CT molecular complexity index is 684. The van der Waals surface area contributed by atoms with E-state index < -0.39 is 12.7 Å². The Morgan fingerprint density at radius 1 is 1.29 bits per heavy atom. The predicted octanol–water partition coefficient (Wildman–Crippen LogP) is 2.78. The number of aliphatic imine (C=N–C) groups is 1. The fourth-order valence-corrected chi connectivity index (χ4v) is 2.38. The molecule has 10 heteroatoms. The van der Waals surface area contributed by atoms with Crippen LogP contribution in [0.2, 0.25) is 0 Å². The lowest BCUT2D eigenvalue weighted by Gasteiger charge is -2.14. The zero-order valence-electron chi connectivity index (χ0n) is 15.6.